The topological polar surface area (TPSA) is 43.4 Å². The van der Waals surface area contributed by atoms with Crippen LogP contribution in [0.3, 0.4) is 0 Å². The maximum atomic E-state index is 13.3. The highest BCUT2D eigenvalue weighted by atomic mass is 35.5. The van der Waals surface area contributed by atoms with Crippen molar-refractivity contribution in [2.45, 2.75) is 16.5 Å². The summed E-state index contributed by atoms with van der Waals surface area (Å²) in [5, 5.41) is -0.206. The minimum atomic E-state index is -4.88. The van der Waals surface area contributed by atoms with Gasteiger partial charge in [0.2, 0.25) is 9.84 Å². The van der Waals surface area contributed by atoms with Gasteiger partial charge in [0, 0.05) is 16.7 Å². The van der Waals surface area contributed by atoms with Crippen molar-refractivity contribution in [3.8, 4) is 11.5 Å². The number of alkyl halides is 3. The molecule has 0 aromatic heterocycles. The van der Waals surface area contributed by atoms with Crippen LogP contribution in [0.4, 0.5) is 13.2 Å². The first-order valence-corrected chi connectivity index (χ1v) is 9.04. The second-order valence-electron chi connectivity index (χ2n) is 4.50. The fourth-order valence-corrected chi connectivity index (χ4v) is 3.79. The first-order valence-electron chi connectivity index (χ1n) is 6.20. The second-order valence-corrected chi connectivity index (χ2v) is 7.47. The van der Waals surface area contributed by atoms with Gasteiger partial charge in [-0.3, -0.25) is 0 Å². The zero-order valence-electron chi connectivity index (χ0n) is 11.6. The maximum Gasteiger partial charge on any atom is 0.341 e. The van der Waals surface area contributed by atoms with Gasteiger partial charge in [-0.1, -0.05) is 23.2 Å². The van der Waals surface area contributed by atoms with E-state index >= 15 is 0 Å². The minimum Gasteiger partial charge on any atom is -0.456 e. The number of hydrogen-bond acceptors (Lipinski definition) is 3. The lowest BCUT2D eigenvalue weighted by atomic mass is 10.2. The van der Waals surface area contributed by atoms with Crippen molar-refractivity contribution in [2.24, 2.45) is 0 Å². The van der Waals surface area contributed by atoms with Crippen molar-refractivity contribution in [1.82, 2.24) is 0 Å². The molecule has 0 N–H and O–H groups in total. The summed E-state index contributed by atoms with van der Waals surface area (Å²) < 4.78 is 67.4. The van der Waals surface area contributed by atoms with Gasteiger partial charge in [0.05, 0.1) is 15.8 Å². The summed E-state index contributed by atoms with van der Waals surface area (Å²) in [5.74, 6) is -4.82. The minimum absolute atomic E-state index is 0.00751. The van der Waals surface area contributed by atoms with Crippen molar-refractivity contribution < 1.29 is 26.3 Å². The summed E-state index contributed by atoms with van der Waals surface area (Å²) in [5.41, 5.74) is -0.237. The van der Waals surface area contributed by atoms with E-state index in [1.807, 2.05) is 0 Å². The van der Waals surface area contributed by atoms with Crippen LogP contribution in [0.2, 0.25) is 10.0 Å². The summed E-state index contributed by atoms with van der Waals surface area (Å²) in [6, 6.07) is 5.35. The predicted octanol–water partition coefficient (Wildman–Crippen LogP) is 5.66. The Bertz CT molecular complexity index is 853. The standard InChI is InChI=1S/C14H8Cl3F3O3S/c15-6-10-12(24(21,22)14(19)20)2-1-11(13(10)17)23-9-4-7(16)3-8(18)5-9/h1-5,14H,6H2. The Kier molecular flexibility index (Phi) is 5.91. The van der Waals surface area contributed by atoms with Crippen LogP contribution in [0.1, 0.15) is 5.56 Å². The Labute approximate surface area is 150 Å². The third kappa shape index (κ3) is 3.91. The van der Waals surface area contributed by atoms with Crippen LogP contribution in [-0.2, 0) is 15.7 Å². The molecule has 130 valence electrons. The molecular formula is C14H8Cl3F3O3S. The van der Waals surface area contributed by atoms with E-state index in [2.05, 4.69) is 0 Å². The highest BCUT2D eigenvalue weighted by molar-refractivity contribution is 7.91. The Morgan fingerprint density at radius 2 is 1.79 bits per heavy atom. The van der Waals surface area contributed by atoms with Crippen LogP contribution in [0.5, 0.6) is 11.5 Å². The summed E-state index contributed by atoms with van der Waals surface area (Å²) in [6.45, 7) is 0. The highest BCUT2D eigenvalue weighted by Crippen LogP contribution is 2.38. The van der Waals surface area contributed by atoms with Crippen LogP contribution >= 0.6 is 34.8 Å². The van der Waals surface area contributed by atoms with Gasteiger partial charge < -0.3 is 4.74 Å². The molecule has 2 aromatic carbocycles. The molecule has 0 fully saturated rings. The monoisotopic (exact) mass is 418 g/mol. The quantitative estimate of drug-likeness (QED) is 0.587. The molecule has 0 amide bonds. The average molecular weight is 420 g/mol. The maximum absolute atomic E-state index is 13.3. The van der Waals surface area contributed by atoms with Crippen LogP contribution in [0.15, 0.2) is 35.2 Å². The summed E-state index contributed by atoms with van der Waals surface area (Å²) in [6.07, 6.45) is 0. The molecule has 0 bridgehead atoms. The molecule has 0 unspecified atom stereocenters. The average Bonchev–Trinajstić information content (AvgIpc) is 2.47. The van der Waals surface area contributed by atoms with Gasteiger partial charge >= 0.3 is 5.76 Å². The zero-order chi connectivity index (χ0) is 18.1. The van der Waals surface area contributed by atoms with Gasteiger partial charge in [-0.05, 0) is 24.3 Å². The molecule has 2 rings (SSSR count). The van der Waals surface area contributed by atoms with E-state index in [0.29, 0.717) is 0 Å². The van der Waals surface area contributed by atoms with Crippen LogP contribution < -0.4 is 4.74 Å². The summed E-state index contributed by atoms with van der Waals surface area (Å²) in [7, 11) is -4.88. The van der Waals surface area contributed by atoms with Gasteiger partial charge in [-0.2, -0.15) is 8.78 Å². The molecule has 0 saturated heterocycles. The molecule has 0 spiro atoms. The largest absolute Gasteiger partial charge is 0.456 e. The molecule has 3 nitrogen and oxygen atoms in total. The Morgan fingerprint density at radius 1 is 1.12 bits per heavy atom. The third-order valence-electron chi connectivity index (χ3n) is 2.90. The molecule has 0 aliphatic heterocycles. The van der Waals surface area contributed by atoms with E-state index in [0.717, 1.165) is 24.3 Å². The van der Waals surface area contributed by atoms with Crippen LogP contribution in [-0.4, -0.2) is 14.2 Å². The first-order chi connectivity index (χ1) is 11.2. The lowest BCUT2D eigenvalue weighted by Gasteiger charge is -2.14. The van der Waals surface area contributed by atoms with E-state index in [4.69, 9.17) is 39.5 Å². The van der Waals surface area contributed by atoms with Crippen LogP contribution in [0, 0.1) is 5.82 Å². The number of rotatable bonds is 5. The van der Waals surface area contributed by atoms with Crippen molar-refractivity contribution in [1.29, 1.82) is 0 Å². The van der Waals surface area contributed by atoms with E-state index in [1.165, 1.54) is 6.07 Å². The Balaban J connectivity index is 2.51. The molecule has 0 aliphatic rings. The molecule has 0 aliphatic carbocycles. The number of sulfone groups is 1. The van der Waals surface area contributed by atoms with Crippen molar-refractivity contribution in [2.75, 3.05) is 0 Å². The van der Waals surface area contributed by atoms with Gasteiger partial charge in [0.1, 0.15) is 17.3 Å². The predicted molar refractivity (Wildman–Crippen MR) is 85.7 cm³/mol. The SMILES string of the molecule is O=S(=O)(c1ccc(Oc2cc(F)cc(Cl)c2)c(Cl)c1CCl)C(F)F. The Morgan fingerprint density at radius 3 is 2.33 bits per heavy atom. The fraction of sp³-hybridized carbons (Fsp3) is 0.143. The molecule has 0 saturated carbocycles. The third-order valence-corrected chi connectivity index (χ3v) is 5.27. The number of hydrogen-bond donors (Lipinski definition) is 0. The molecule has 0 heterocycles. The summed E-state index contributed by atoms with van der Waals surface area (Å²) in [4.78, 5) is -0.692. The lowest BCUT2D eigenvalue weighted by Crippen LogP contribution is -2.13. The fourth-order valence-electron chi connectivity index (χ4n) is 1.86. The molecule has 10 heteroatoms. The van der Waals surface area contributed by atoms with Gasteiger partial charge in [0.15, 0.2) is 0 Å². The van der Waals surface area contributed by atoms with E-state index in [1.54, 1.807) is 0 Å². The zero-order valence-corrected chi connectivity index (χ0v) is 14.7. The van der Waals surface area contributed by atoms with E-state index in [-0.39, 0.29) is 27.1 Å². The van der Waals surface area contributed by atoms with Gasteiger partial charge in [-0.15, -0.1) is 11.6 Å². The van der Waals surface area contributed by atoms with Crippen molar-refractivity contribution in [3.05, 3.63) is 51.8 Å². The lowest BCUT2D eigenvalue weighted by molar-refractivity contribution is 0.234. The Hall–Kier alpha value is -1.15. The van der Waals surface area contributed by atoms with Gasteiger partial charge in [0.25, 0.3) is 0 Å². The highest BCUT2D eigenvalue weighted by Gasteiger charge is 2.31. The smallest absolute Gasteiger partial charge is 0.341 e. The molecule has 0 radical (unpaired) electrons. The second kappa shape index (κ2) is 7.39. The molecule has 2 aromatic rings. The molecular weight excluding hydrogens is 412 g/mol. The normalized spacial score (nSPS) is 11.8. The number of halogens is 6. The molecule has 24 heavy (non-hydrogen) atoms. The summed E-state index contributed by atoms with van der Waals surface area (Å²) >= 11 is 17.3. The van der Waals surface area contributed by atoms with Crippen molar-refractivity contribution in [3.63, 3.8) is 0 Å². The van der Waals surface area contributed by atoms with Gasteiger partial charge in [-0.25, -0.2) is 12.8 Å². The van der Waals surface area contributed by atoms with Crippen molar-refractivity contribution >= 4 is 44.6 Å². The molecule has 0 atom stereocenters. The first kappa shape index (κ1) is 19.2. The van der Waals surface area contributed by atoms with E-state index in [9.17, 15) is 21.6 Å². The number of benzene rings is 2. The van der Waals surface area contributed by atoms with Crippen LogP contribution in [0.25, 0.3) is 0 Å². The number of ether oxygens (including phenoxy) is 1. The van der Waals surface area contributed by atoms with E-state index < -0.39 is 32.2 Å².